The van der Waals surface area contributed by atoms with Crippen molar-refractivity contribution in [2.24, 2.45) is 5.41 Å². The second-order valence-electron chi connectivity index (χ2n) is 13.2. The van der Waals surface area contributed by atoms with E-state index in [-0.39, 0.29) is 29.4 Å². The van der Waals surface area contributed by atoms with E-state index in [1.165, 1.54) is 0 Å². The van der Waals surface area contributed by atoms with E-state index in [0.29, 0.717) is 48.6 Å². The minimum absolute atomic E-state index is 0.00708. The average Bonchev–Trinajstić information content (AvgIpc) is 3.55. The van der Waals surface area contributed by atoms with Gasteiger partial charge >= 0.3 is 5.97 Å². The number of hydrogen-bond acceptors (Lipinski definition) is 5. The summed E-state index contributed by atoms with van der Waals surface area (Å²) in [5, 5.41) is 10.5. The summed E-state index contributed by atoms with van der Waals surface area (Å²) in [4.78, 5) is 47.4. The summed E-state index contributed by atoms with van der Waals surface area (Å²) >= 11 is 6.09. The fourth-order valence-electron chi connectivity index (χ4n) is 6.25. The maximum Gasteiger partial charge on any atom is 0.310 e. The van der Waals surface area contributed by atoms with E-state index in [1.54, 1.807) is 15.9 Å². The number of fused-ring (bicyclic) bond motifs is 1. The number of carboxylic acids is 1. The maximum absolute atomic E-state index is 13.8. The predicted octanol–water partition coefficient (Wildman–Crippen LogP) is 6.54. The summed E-state index contributed by atoms with van der Waals surface area (Å²) in [6, 6.07) is 11.2. The lowest BCUT2D eigenvalue weighted by atomic mass is 9.82. The van der Waals surface area contributed by atoms with Crippen LogP contribution in [0, 0.1) is 5.41 Å². The van der Waals surface area contributed by atoms with E-state index in [2.05, 4.69) is 20.8 Å². The van der Waals surface area contributed by atoms with Crippen LogP contribution in [-0.4, -0.2) is 62.8 Å². The molecule has 0 spiro atoms. The molecule has 1 aliphatic carbocycles. The number of carbonyl (C=O) groups excluding carboxylic acids is 2. The SMILES string of the molecule is CC(C)(C)c1cc(-c2ccc(Cl)cc2)nc2cc(C(=O)N3CCN(C(=O)CC4(C(=O)O)CCCC4)CC3(C)C)oc12. The van der Waals surface area contributed by atoms with Crippen LogP contribution in [0.2, 0.25) is 5.02 Å². The number of aromatic nitrogens is 1. The summed E-state index contributed by atoms with van der Waals surface area (Å²) in [5.41, 5.74) is 1.91. The molecule has 1 saturated heterocycles. The normalized spacial score (nSPS) is 18.6. The topological polar surface area (TPSA) is 104 Å². The summed E-state index contributed by atoms with van der Waals surface area (Å²) < 4.78 is 6.23. The van der Waals surface area contributed by atoms with E-state index in [9.17, 15) is 19.5 Å². The Morgan fingerprint density at radius 2 is 1.71 bits per heavy atom. The Balaban J connectivity index is 1.40. The molecule has 8 nitrogen and oxygen atoms in total. The molecule has 2 amide bonds. The van der Waals surface area contributed by atoms with Gasteiger partial charge in [0, 0.05) is 48.3 Å². The van der Waals surface area contributed by atoms with Crippen molar-refractivity contribution >= 4 is 40.5 Å². The van der Waals surface area contributed by atoms with Gasteiger partial charge in [-0.25, -0.2) is 4.98 Å². The van der Waals surface area contributed by atoms with Crippen LogP contribution in [0.1, 0.15) is 82.8 Å². The third-order valence-electron chi connectivity index (χ3n) is 8.64. The van der Waals surface area contributed by atoms with Gasteiger partial charge in [-0.2, -0.15) is 0 Å². The summed E-state index contributed by atoms with van der Waals surface area (Å²) in [6.07, 6.45) is 2.74. The summed E-state index contributed by atoms with van der Waals surface area (Å²) in [5.74, 6) is -1.10. The smallest absolute Gasteiger partial charge is 0.310 e. The van der Waals surface area contributed by atoms with Gasteiger partial charge in [0.1, 0.15) is 5.52 Å². The number of hydrogen-bond donors (Lipinski definition) is 1. The minimum atomic E-state index is -0.967. The van der Waals surface area contributed by atoms with Crippen LogP contribution in [-0.2, 0) is 15.0 Å². The van der Waals surface area contributed by atoms with Crippen molar-refractivity contribution in [3.05, 3.63) is 52.7 Å². The third kappa shape index (κ3) is 5.59. The van der Waals surface area contributed by atoms with Crippen LogP contribution in [0.15, 0.2) is 40.8 Å². The zero-order valence-electron chi connectivity index (χ0n) is 24.4. The molecule has 41 heavy (non-hydrogen) atoms. The summed E-state index contributed by atoms with van der Waals surface area (Å²) in [7, 11) is 0. The third-order valence-corrected chi connectivity index (χ3v) is 8.89. The predicted molar refractivity (Wildman–Crippen MR) is 158 cm³/mol. The number of nitrogens with zero attached hydrogens (tertiary/aromatic N) is 3. The van der Waals surface area contributed by atoms with Gasteiger partial charge in [-0.05, 0) is 50.3 Å². The number of carbonyl (C=O) groups is 3. The van der Waals surface area contributed by atoms with Gasteiger partial charge in [0.15, 0.2) is 11.3 Å². The molecule has 2 aliphatic rings. The van der Waals surface area contributed by atoms with Crippen molar-refractivity contribution in [3.63, 3.8) is 0 Å². The quantitative estimate of drug-likeness (QED) is 0.368. The van der Waals surface area contributed by atoms with Crippen LogP contribution < -0.4 is 0 Å². The number of aliphatic carboxylic acids is 1. The van der Waals surface area contributed by atoms with E-state index in [4.69, 9.17) is 21.0 Å². The highest BCUT2D eigenvalue weighted by atomic mass is 35.5. The van der Waals surface area contributed by atoms with Gasteiger partial charge in [0.2, 0.25) is 5.91 Å². The van der Waals surface area contributed by atoms with E-state index < -0.39 is 16.9 Å². The number of furan rings is 1. The Bertz CT molecular complexity index is 1500. The van der Waals surface area contributed by atoms with Crippen LogP contribution in [0.3, 0.4) is 0 Å². The zero-order chi connectivity index (χ0) is 29.7. The number of benzene rings is 1. The number of piperazine rings is 1. The van der Waals surface area contributed by atoms with E-state index in [0.717, 1.165) is 29.7 Å². The second kappa shape index (κ2) is 10.5. The Hall–Kier alpha value is -3.39. The highest BCUT2D eigenvalue weighted by molar-refractivity contribution is 6.30. The van der Waals surface area contributed by atoms with E-state index >= 15 is 0 Å². The van der Waals surface area contributed by atoms with Crippen molar-refractivity contribution in [2.75, 3.05) is 19.6 Å². The Kier molecular flexibility index (Phi) is 7.43. The minimum Gasteiger partial charge on any atom is -0.481 e. The molecule has 1 aromatic carbocycles. The van der Waals surface area contributed by atoms with Crippen molar-refractivity contribution < 1.29 is 23.9 Å². The molecular formula is C32H38ClN3O5. The van der Waals surface area contributed by atoms with Gasteiger partial charge in [0.05, 0.1) is 16.6 Å². The molecular weight excluding hydrogens is 542 g/mol. The van der Waals surface area contributed by atoms with Crippen molar-refractivity contribution in [3.8, 4) is 11.3 Å². The maximum atomic E-state index is 13.8. The lowest BCUT2D eigenvalue weighted by molar-refractivity contribution is -0.154. The Labute approximate surface area is 245 Å². The van der Waals surface area contributed by atoms with Crippen LogP contribution in [0.4, 0.5) is 0 Å². The highest BCUT2D eigenvalue weighted by Crippen LogP contribution is 2.42. The van der Waals surface area contributed by atoms with Crippen molar-refractivity contribution in [1.29, 1.82) is 0 Å². The first kappa shape index (κ1) is 29.1. The van der Waals surface area contributed by atoms with Crippen LogP contribution in [0.5, 0.6) is 0 Å². The Morgan fingerprint density at radius 3 is 2.29 bits per heavy atom. The Morgan fingerprint density at radius 1 is 1.05 bits per heavy atom. The number of halogens is 1. The molecule has 9 heteroatoms. The molecule has 3 heterocycles. The number of pyridine rings is 1. The number of rotatable bonds is 5. The first-order valence-electron chi connectivity index (χ1n) is 14.2. The first-order valence-corrected chi connectivity index (χ1v) is 14.6. The molecule has 0 atom stereocenters. The zero-order valence-corrected chi connectivity index (χ0v) is 25.2. The van der Waals surface area contributed by atoms with Crippen LogP contribution >= 0.6 is 11.6 Å². The number of carboxylic acid groups (broad SMARTS) is 1. The van der Waals surface area contributed by atoms with Gasteiger partial charge in [-0.3, -0.25) is 14.4 Å². The molecule has 2 aromatic heterocycles. The van der Waals surface area contributed by atoms with Gasteiger partial charge in [0.25, 0.3) is 5.91 Å². The molecule has 1 aliphatic heterocycles. The molecule has 1 saturated carbocycles. The summed E-state index contributed by atoms with van der Waals surface area (Å²) in [6.45, 7) is 11.1. The average molecular weight is 580 g/mol. The van der Waals surface area contributed by atoms with Crippen molar-refractivity contribution in [1.82, 2.24) is 14.8 Å². The fraction of sp³-hybridized carbons (Fsp3) is 0.500. The van der Waals surface area contributed by atoms with E-state index in [1.807, 2.05) is 44.2 Å². The molecule has 218 valence electrons. The van der Waals surface area contributed by atoms with Crippen LogP contribution in [0.25, 0.3) is 22.4 Å². The molecule has 5 rings (SSSR count). The van der Waals surface area contributed by atoms with Gasteiger partial charge in [-0.1, -0.05) is 57.3 Å². The standard InChI is InChI=1S/C32H38ClN3O5/c1-30(2,3)22-16-23(20-8-10-21(33)11-9-20)34-24-17-25(41-27(22)24)28(38)36-15-14-35(19-31(36,4)5)26(37)18-32(29(39)40)12-6-7-13-32/h8-11,16-17H,6-7,12-15,18-19H2,1-5H3,(H,39,40). The lowest BCUT2D eigenvalue weighted by Crippen LogP contribution is -2.62. The molecule has 0 bridgehead atoms. The largest absolute Gasteiger partial charge is 0.481 e. The fourth-order valence-corrected chi connectivity index (χ4v) is 6.38. The lowest BCUT2D eigenvalue weighted by Gasteiger charge is -2.47. The first-order chi connectivity index (χ1) is 19.2. The van der Waals surface area contributed by atoms with Crippen molar-refractivity contribution in [2.45, 2.75) is 77.7 Å². The molecule has 1 N–H and O–H groups in total. The van der Waals surface area contributed by atoms with Gasteiger partial charge < -0.3 is 19.3 Å². The highest BCUT2D eigenvalue weighted by Gasteiger charge is 2.46. The van der Waals surface area contributed by atoms with Gasteiger partial charge in [-0.15, -0.1) is 0 Å². The molecule has 0 radical (unpaired) electrons. The molecule has 2 fully saturated rings. The molecule has 3 aromatic rings. The second-order valence-corrected chi connectivity index (χ2v) is 13.6. The monoisotopic (exact) mass is 579 g/mol. The number of amides is 2. The molecule has 0 unspecified atom stereocenters.